The molecule has 0 aliphatic carbocycles. The highest BCUT2D eigenvalue weighted by molar-refractivity contribution is 9.10. The van der Waals surface area contributed by atoms with Gasteiger partial charge in [0.1, 0.15) is 6.61 Å². The van der Waals surface area contributed by atoms with Crippen molar-refractivity contribution in [2.45, 2.75) is 32.5 Å². The Morgan fingerprint density at radius 1 is 1.16 bits per heavy atom. The molecule has 0 atom stereocenters. The molecule has 0 unspecified atom stereocenters. The summed E-state index contributed by atoms with van der Waals surface area (Å²) in [5.41, 5.74) is 1.56. The number of ether oxygens (including phenoxy) is 2. The third-order valence-corrected chi connectivity index (χ3v) is 4.82. The lowest BCUT2D eigenvalue weighted by Gasteiger charge is -2.25. The third kappa shape index (κ3) is 5.61. The zero-order valence-corrected chi connectivity index (χ0v) is 16.9. The molecule has 2 rings (SSSR count). The molecule has 136 valence electrons. The fourth-order valence-corrected chi connectivity index (χ4v) is 2.76. The summed E-state index contributed by atoms with van der Waals surface area (Å²) < 4.78 is 12.4. The highest BCUT2D eigenvalue weighted by Gasteiger charge is 2.20. The Morgan fingerprint density at radius 2 is 1.84 bits per heavy atom. The van der Waals surface area contributed by atoms with Crippen molar-refractivity contribution in [1.82, 2.24) is 5.32 Å². The molecule has 0 bridgehead atoms. The van der Waals surface area contributed by atoms with Gasteiger partial charge in [-0.1, -0.05) is 39.7 Å². The fourth-order valence-electron chi connectivity index (χ4n) is 2.19. The Balaban J connectivity index is 2.24. The van der Waals surface area contributed by atoms with Gasteiger partial charge in [0, 0.05) is 27.1 Å². The first-order valence-electron chi connectivity index (χ1n) is 7.95. The van der Waals surface area contributed by atoms with E-state index in [-0.39, 0.29) is 6.61 Å². The molecule has 0 saturated carbocycles. The Labute approximate surface area is 162 Å². The molecule has 0 aromatic heterocycles. The number of benzene rings is 2. The number of aliphatic hydroxyl groups is 1. The molecular weight excluding hydrogens is 406 g/mol. The van der Waals surface area contributed by atoms with Gasteiger partial charge in [-0.3, -0.25) is 0 Å². The standard InChI is InChI=1S/C19H23BrClNO3/c1-19(2,12-23)22-10-15-16(20)8-9-17(24-3)18(15)25-11-13-4-6-14(21)7-5-13/h4-9,22-23H,10-12H2,1-3H3. The van der Waals surface area contributed by atoms with Crippen molar-refractivity contribution in [3.8, 4) is 11.5 Å². The van der Waals surface area contributed by atoms with Crippen molar-refractivity contribution >= 4 is 27.5 Å². The Hall–Kier alpha value is -1.27. The van der Waals surface area contributed by atoms with Gasteiger partial charge >= 0.3 is 0 Å². The highest BCUT2D eigenvalue weighted by Crippen LogP contribution is 2.37. The summed E-state index contributed by atoms with van der Waals surface area (Å²) >= 11 is 9.50. The third-order valence-electron chi connectivity index (χ3n) is 3.82. The molecule has 2 aromatic rings. The Kier molecular flexibility index (Phi) is 7.14. The van der Waals surface area contributed by atoms with E-state index in [0.29, 0.717) is 29.7 Å². The van der Waals surface area contributed by atoms with Gasteiger partial charge in [0.15, 0.2) is 11.5 Å². The van der Waals surface area contributed by atoms with Crippen LogP contribution in [0.25, 0.3) is 0 Å². The fraction of sp³-hybridized carbons (Fsp3) is 0.368. The van der Waals surface area contributed by atoms with Crippen LogP contribution in [0.3, 0.4) is 0 Å². The number of rotatable bonds is 8. The van der Waals surface area contributed by atoms with Gasteiger partial charge in [0.05, 0.1) is 13.7 Å². The first-order valence-corrected chi connectivity index (χ1v) is 9.12. The van der Waals surface area contributed by atoms with Gasteiger partial charge in [-0.25, -0.2) is 0 Å². The number of nitrogens with one attached hydrogen (secondary N) is 1. The predicted molar refractivity (Wildman–Crippen MR) is 104 cm³/mol. The van der Waals surface area contributed by atoms with Crippen LogP contribution in [0.15, 0.2) is 40.9 Å². The molecule has 6 heteroatoms. The zero-order valence-electron chi connectivity index (χ0n) is 14.6. The van der Waals surface area contributed by atoms with Gasteiger partial charge < -0.3 is 19.9 Å². The monoisotopic (exact) mass is 427 g/mol. The molecule has 0 radical (unpaired) electrons. The van der Waals surface area contributed by atoms with E-state index >= 15 is 0 Å². The largest absolute Gasteiger partial charge is 0.493 e. The molecule has 2 N–H and O–H groups in total. The van der Waals surface area contributed by atoms with Crippen LogP contribution in [0.5, 0.6) is 11.5 Å². The first kappa shape index (κ1) is 20.0. The van der Waals surface area contributed by atoms with Crippen molar-refractivity contribution in [1.29, 1.82) is 0 Å². The van der Waals surface area contributed by atoms with Crippen molar-refractivity contribution < 1.29 is 14.6 Å². The Bertz CT molecular complexity index is 705. The second-order valence-electron chi connectivity index (χ2n) is 6.37. The number of aliphatic hydroxyl groups excluding tert-OH is 1. The number of halogens is 2. The average Bonchev–Trinajstić information content (AvgIpc) is 2.60. The molecule has 4 nitrogen and oxygen atoms in total. The van der Waals surface area contributed by atoms with Crippen LogP contribution in [0, 0.1) is 0 Å². The van der Waals surface area contributed by atoms with Crippen LogP contribution in [-0.4, -0.2) is 24.4 Å². The molecule has 0 heterocycles. The zero-order chi connectivity index (χ0) is 18.4. The molecule has 0 amide bonds. The van der Waals surface area contributed by atoms with Gasteiger partial charge in [-0.2, -0.15) is 0 Å². The summed E-state index contributed by atoms with van der Waals surface area (Å²) in [6.45, 7) is 4.85. The minimum Gasteiger partial charge on any atom is -0.493 e. The van der Waals surface area contributed by atoms with E-state index in [0.717, 1.165) is 15.6 Å². The minimum absolute atomic E-state index is 0.0373. The topological polar surface area (TPSA) is 50.7 Å². The van der Waals surface area contributed by atoms with E-state index in [1.165, 1.54) is 0 Å². The summed E-state index contributed by atoms with van der Waals surface area (Å²) in [5.74, 6) is 1.34. The second kappa shape index (κ2) is 8.90. The maximum Gasteiger partial charge on any atom is 0.167 e. The summed E-state index contributed by atoms with van der Waals surface area (Å²) in [5, 5.41) is 13.5. The van der Waals surface area contributed by atoms with Gasteiger partial charge in [-0.05, 0) is 43.7 Å². The van der Waals surface area contributed by atoms with E-state index in [4.69, 9.17) is 21.1 Å². The normalized spacial score (nSPS) is 11.4. The van der Waals surface area contributed by atoms with E-state index < -0.39 is 5.54 Å². The second-order valence-corrected chi connectivity index (χ2v) is 7.66. The lowest BCUT2D eigenvalue weighted by Crippen LogP contribution is -2.42. The number of hydrogen-bond donors (Lipinski definition) is 2. The smallest absolute Gasteiger partial charge is 0.167 e. The van der Waals surface area contributed by atoms with E-state index in [1.807, 2.05) is 50.2 Å². The number of methoxy groups -OCH3 is 1. The molecule has 2 aromatic carbocycles. The van der Waals surface area contributed by atoms with E-state index in [2.05, 4.69) is 21.2 Å². The first-order chi connectivity index (χ1) is 11.9. The van der Waals surface area contributed by atoms with Gasteiger partial charge in [0.25, 0.3) is 0 Å². The van der Waals surface area contributed by atoms with Gasteiger partial charge in [0.2, 0.25) is 0 Å². The summed E-state index contributed by atoms with van der Waals surface area (Å²) in [6.07, 6.45) is 0. The maximum atomic E-state index is 9.44. The van der Waals surface area contributed by atoms with Crippen molar-refractivity contribution in [2.24, 2.45) is 0 Å². The lowest BCUT2D eigenvalue weighted by atomic mass is 10.1. The molecule has 0 spiro atoms. The SMILES string of the molecule is COc1ccc(Br)c(CNC(C)(C)CO)c1OCc1ccc(Cl)cc1. The molecule has 0 aliphatic rings. The van der Waals surface area contributed by atoms with Crippen LogP contribution < -0.4 is 14.8 Å². The minimum atomic E-state index is -0.393. The van der Waals surface area contributed by atoms with Crippen LogP contribution in [0.2, 0.25) is 5.02 Å². The summed E-state index contributed by atoms with van der Waals surface area (Å²) in [6, 6.07) is 11.3. The van der Waals surface area contributed by atoms with Crippen LogP contribution >= 0.6 is 27.5 Å². The molecular formula is C19H23BrClNO3. The molecule has 0 saturated heterocycles. The number of hydrogen-bond acceptors (Lipinski definition) is 4. The van der Waals surface area contributed by atoms with E-state index in [9.17, 15) is 5.11 Å². The predicted octanol–water partition coefficient (Wildman–Crippen LogP) is 4.55. The van der Waals surface area contributed by atoms with Crippen LogP contribution in [0.4, 0.5) is 0 Å². The quantitative estimate of drug-likeness (QED) is 0.647. The maximum absolute atomic E-state index is 9.44. The van der Waals surface area contributed by atoms with Gasteiger partial charge in [-0.15, -0.1) is 0 Å². The lowest BCUT2D eigenvalue weighted by molar-refractivity contribution is 0.186. The average molecular weight is 429 g/mol. The summed E-state index contributed by atoms with van der Waals surface area (Å²) in [7, 11) is 1.62. The molecule has 0 fully saturated rings. The molecule has 0 aliphatic heterocycles. The van der Waals surface area contributed by atoms with Crippen LogP contribution in [-0.2, 0) is 13.2 Å². The van der Waals surface area contributed by atoms with Crippen molar-refractivity contribution in [3.05, 3.63) is 57.0 Å². The highest BCUT2D eigenvalue weighted by atomic mass is 79.9. The molecule has 25 heavy (non-hydrogen) atoms. The van der Waals surface area contributed by atoms with E-state index in [1.54, 1.807) is 7.11 Å². The van der Waals surface area contributed by atoms with Crippen molar-refractivity contribution in [2.75, 3.05) is 13.7 Å². The van der Waals surface area contributed by atoms with Crippen molar-refractivity contribution in [3.63, 3.8) is 0 Å². The Morgan fingerprint density at radius 3 is 2.44 bits per heavy atom. The van der Waals surface area contributed by atoms with Crippen LogP contribution in [0.1, 0.15) is 25.0 Å². The summed E-state index contributed by atoms with van der Waals surface area (Å²) in [4.78, 5) is 0.